The van der Waals surface area contributed by atoms with Gasteiger partial charge in [0.2, 0.25) is 0 Å². The van der Waals surface area contributed by atoms with Crippen LogP contribution in [0.2, 0.25) is 0 Å². The van der Waals surface area contributed by atoms with Crippen molar-refractivity contribution >= 4 is 17.3 Å². The number of rotatable bonds is 14. The number of carbonyl (C=O) groups is 3. The van der Waals surface area contributed by atoms with Crippen molar-refractivity contribution in [1.82, 2.24) is 0 Å². The Balaban J connectivity index is 1.83. The molecule has 0 spiro atoms. The van der Waals surface area contributed by atoms with Gasteiger partial charge in [-0.25, -0.2) is 0 Å². The predicted octanol–water partition coefficient (Wildman–Crippen LogP) is 7.69. The van der Waals surface area contributed by atoms with Crippen LogP contribution in [0.15, 0.2) is 60.7 Å². The van der Waals surface area contributed by atoms with E-state index in [2.05, 4.69) is 19.1 Å². The number of aryl methyl sites for hydroxylation is 1. The number of Topliss-reactive ketones (excluding diaryl/α,β-unsaturated/α-hetero) is 3. The molecule has 1 fully saturated rings. The Hall–Kier alpha value is -2.85. The molecule has 2 aromatic carbocycles. The SMILES string of the molecule is CCC/C=C/CCC(=O)C1C(C(=O)C(C)C(CC(=O)c2cccc(C)c2C)Cc2ccccc2)COC1(C)C. The number of benzene rings is 2. The van der Waals surface area contributed by atoms with Crippen molar-refractivity contribution in [2.45, 2.75) is 85.7 Å². The van der Waals surface area contributed by atoms with E-state index in [9.17, 15) is 14.4 Å². The van der Waals surface area contributed by atoms with E-state index in [1.807, 2.05) is 83.1 Å². The van der Waals surface area contributed by atoms with Crippen LogP contribution in [0, 0.1) is 37.5 Å². The molecular formula is C35H46O4. The normalized spacial score (nSPS) is 20.2. The lowest BCUT2D eigenvalue weighted by Gasteiger charge is -2.30. The van der Waals surface area contributed by atoms with E-state index < -0.39 is 17.4 Å². The van der Waals surface area contributed by atoms with Crippen LogP contribution in [0.4, 0.5) is 0 Å². The van der Waals surface area contributed by atoms with Gasteiger partial charge in [-0.3, -0.25) is 14.4 Å². The molecule has 0 amide bonds. The minimum atomic E-state index is -0.687. The number of ether oxygens (including phenoxy) is 1. The first kappa shape index (κ1) is 30.7. The fourth-order valence-electron chi connectivity index (χ4n) is 5.93. The quantitative estimate of drug-likeness (QED) is 0.186. The van der Waals surface area contributed by atoms with Crippen molar-refractivity contribution < 1.29 is 19.1 Å². The summed E-state index contributed by atoms with van der Waals surface area (Å²) in [5.41, 5.74) is 3.21. The average Bonchev–Trinajstić information content (AvgIpc) is 3.24. The maximum atomic E-state index is 14.1. The van der Waals surface area contributed by atoms with E-state index in [1.165, 1.54) is 0 Å². The van der Waals surface area contributed by atoms with Crippen molar-refractivity contribution in [3.8, 4) is 0 Å². The molecule has 1 heterocycles. The Bertz CT molecular complexity index is 1160. The maximum absolute atomic E-state index is 14.1. The van der Waals surface area contributed by atoms with Gasteiger partial charge in [0.15, 0.2) is 5.78 Å². The van der Waals surface area contributed by atoms with Gasteiger partial charge in [-0.15, -0.1) is 0 Å². The standard InChI is InChI=1S/C35H46O4/c1-7-8-9-10-14-20-31(36)33-30(23-39-35(33,5)6)34(38)26(4)28(21-27-17-12-11-13-18-27)22-32(37)29-19-15-16-24(2)25(29)3/h9-13,15-19,26,28,30,33H,7-8,14,20-23H2,1-6H3/b10-9+. The monoisotopic (exact) mass is 530 g/mol. The molecule has 0 bridgehead atoms. The van der Waals surface area contributed by atoms with Gasteiger partial charge in [0, 0.05) is 24.3 Å². The Morgan fingerprint density at radius 1 is 1.00 bits per heavy atom. The van der Waals surface area contributed by atoms with Crippen LogP contribution >= 0.6 is 0 Å². The summed E-state index contributed by atoms with van der Waals surface area (Å²) in [6, 6.07) is 15.9. The molecule has 4 heteroatoms. The van der Waals surface area contributed by atoms with E-state index in [1.54, 1.807) is 0 Å². The third kappa shape index (κ3) is 7.85. The van der Waals surface area contributed by atoms with Crippen molar-refractivity contribution in [1.29, 1.82) is 0 Å². The number of ketones is 3. The van der Waals surface area contributed by atoms with Gasteiger partial charge in [0.1, 0.15) is 11.6 Å². The lowest BCUT2D eigenvalue weighted by atomic mass is 9.71. The summed E-state index contributed by atoms with van der Waals surface area (Å²) in [6.07, 6.45) is 8.28. The van der Waals surface area contributed by atoms with Gasteiger partial charge in [-0.1, -0.05) is 81.0 Å². The van der Waals surface area contributed by atoms with Crippen LogP contribution in [-0.4, -0.2) is 29.6 Å². The Morgan fingerprint density at radius 3 is 2.38 bits per heavy atom. The molecule has 1 aliphatic heterocycles. The van der Waals surface area contributed by atoms with Gasteiger partial charge >= 0.3 is 0 Å². The van der Waals surface area contributed by atoms with Gasteiger partial charge < -0.3 is 4.74 Å². The third-order valence-corrected chi connectivity index (χ3v) is 8.53. The molecule has 0 radical (unpaired) electrons. The van der Waals surface area contributed by atoms with Crippen molar-refractivity contribution in [2.75, 3.05) is 6.61 Å². The predicted molar refractivity (Wildman–Crippen MR) is 158 cm³/mol. The first-order chi connectivity index (χ1) is 18.6. The molecule has 3 rings (SSSR count). The summed E-state index contributed by atoms with van der Waals surface area (Å²) >= 11 is 0. The number of allylic oxidation sites excluding steroid dienone is 2. The molecule has 4 nitrogen and oxygen atoms in total. The molecule has 4 unspecified atom stereocenters. The summed E-state index contributed by atoms with van der Waals surface area (Å²) in [7, 11) is 0. The molecule has 0 aliphatic carbocycles. The summed E-state index contributed by atoms with van der Waals surface area (Å²) in [4.78, 5) is 41.0. The highest BCUT2D eigenvalue weighted by atomic mass is 16.5. The smallest absolute Gasteiger partial charge is 0.163 e. The van der Waals surface area contributed by atoms with Crippen molar-refractivity contribution in [3.05, 3.63) is 82.9 Å². The first-order valence-electron chi connectivity index (χ1n) is 14.6. The Kier molecular flexibility index (Phi) is 11.0. The Morgan fingerprint density at radius 2 is 1.69 bits per heavy atom. The highest BCUT2D eigenvalue weighted by Crippen LogP contribution is 2.41. The van der Waals surface area contributed by atoms with Crippen molar-refractivity contribution in [3.63, 3.8) is 0 Å². The van der Waals surface area contributed by atoms with Crippen LogP contribution in [-0.2, 0) is 20.7 Å². The minimum absolute atomic E-state index is 0.0372. The average molecular weight is 531 g/mol. The van der Waals surface area contributed by atoms with E-state index in [-0.39, 0.29) is 42.2 Å². The number of hydrogen-bond donors (Lipinski definition) is 0. The zero-order chi connectivity index (χ0) is 28.6. The molecule has 0 aromatic heterocycles. The molecule has 4 atom stereocenters. The van der Waals surface area contributed by atoms with Gasteiger partial charge in [-0.05, 0) is 69.6 Å². The largest absolute Gasteiger partial charge is 0.374 e. The third-order valence-electron chi connectivity index (χ3n) is 8.53. The van der Waals surface area contributed by atoms with Crippen LogP contribution in [0.1, 0.15) is 86.8 Å². The first-order valence-corrected chi connectivity index (χ1v) is 14.6. The zero-order valence-corrected chi connectivity index (χ0v) is 24.7. The summed E-state index contributed by atoms with van der Waals surface area (Å²) in [5, 5.41) is 0. The van der Waals surface area contributed by atoms with Gasteiger partial charge in [-0.2, -0.15) is 0 Å². The molecule has 39 heavy (non-hydrogen) atoms. The van der Waals surface area contributed by atoms with E-state index in [0.717, 1.165) is 35.1 Å². The van der Waals surface area contributed by atoms with Crippen LogP contribution in [0.5, 0.6) is 0 Å². The van der Waals surface area contributed by atoms with Gasteiger partial charge in [0.05, 0.1) is 24.0 Å². The lowest BCUT2D eigenvalue weighted by Crippen LogP contribution is -2.41. The minimum Gasteiger partial charge on any atom is -0.374 e. The number of hydrogen-bond acceptors (Lipinski definition) is 4. The van der Waals surface area contributed by atoms with E-state index in [0.29, 0.717) is 19.3 Å². The lowest BCUT2D eigenvalue weighted by molar-refractivity contribution is -0.135. The van der Waals surface area contributed by atoms with Crippen LogP contribution < -0.4 is 0 Å². The van der Waals surface area contributed by atoms with E-state index in [4.69, 9.17) is 4.74 Å². The fourth-order valence-corrected chi connectivity index (χ4v) is 5.93. The highest BCUT2D eigenvalue weighted by molar-refractivity contribution is 5.98. The van der Waals surface area contributed by atoms with Crippen LogP contribution in [0.25, 0.3) is 0 Å². The van der Waals surface area contributed by atoms with Crippen LogP contribution in [0.3, 0.4) is 0 Å². The topological polar surface area (TPSA) is 60.4 Å². The molecule has 0 N–H and O–H groups in total. The molecule has 0 saturated carbocycles. The molecule has 1 aliphatic rings. The second kappa shape index (κ2) is 14.0. The zero-order valence-electron chi connectivity index (χ0n) is 24.7. The number of carbonyl (C=O) groups excluding carboxylic acids is 3. The number of unbranched alkanes of at least 4 members (excludes halogenated alkanes) is 1. The second-order valence-electron chi connectivity index (χ2n) is 11.8. The maximum Gasteiger partial charge on any atom is 0.163 e. The molecule has 1 saturated heterocycles. The molecule has 210 valence electrons. The second-order valence-corrected chi connectivity index (χ2v) is 11.8. The van der Waals surface area contributed by atoms with E-state index >= 15 is 0 Å². The molecule has 2 aromatic rings. The highest BCUT2D eigenvalue weighted by Gasteiger charge is 2.51. The Labute approximate surface area is 235 Å². The summed E-state index contributed by atoms with van der Waals surface area (Å²) < 4.78 is 6.05. The fraction of sp³-hybridized carbons (Fsp3) is 0.514. The van der Waals surface area contributed by atoms with Crippen molar-refractivity contribution in [2.24, 2.45) is 23.7 Å². The van der Waals surface area contributed by atoms with Gasteiger partial charge in [0.25, 0.3) is 0 Å². The summed E-state index contributed by atoms with van der Waals surface area (Å²) in [6.45, 7) is 12.2. The summed E-state index contributed by atoms with van der Waals surface area (Å²) in [5.74, 6) is -1.34. The molecular weight excluding hydrogens is 484 g/mol.